The van der Waals surface area contributed by atoms with Gasteiger partial charge in [0.1, 0.15) is 6.54 Å². The van der Waals surface area contributed by atoms with E-state index in [4.69, 9.17) is 0 Å². The van der Waals surface area contributed by atoms with E-state index in [0.717, 1.165) is 18.9 Å². The molecule has 0 atom stereocenters. The molecule has 6 nitrogen and oxygen atoms in total. The fourth-order valence-electron chi connectivity index (χ4n) is 1.72. The minimum absolute atomic E-state index is 0.149. The number of alkyl halides is 3. The van der Waals surface area contributed by atoms with Gasteiger partial charge in [0.2, 0.25) is 11.8 Å². The number of rotatable bonds is 5. The van der Waals surface area contributed by atoms with Gasteiger partial charge in [-0.2, -0.15) is 13.2 Å². The number of hydrogen-bond donors (Lipinski definition) is 2. The molecule has 1 aliphatic carbocycles. The van der Waals surface area contributed by atoms with Crippen LogP contribution in [0.4, 0.5) is 13.2 Å². The molecule has 9 heteroatoms. The van der Waals surface area contributed by atoms with Crippen molar-refractivity contribution in [1.29, 1.82) is 0 Å². The fraction of sp³-hybridized carbons (Fsp3) is 0.462. The molecule has 2 amide bonds. The van der Waals surface area contributed by atoms with Crippen LogP contribution in [0.5, 0.6) is 0 Å². The van der Waals surface area contributed by atoms with Gasteiger partial charge in [0.25, 0.3) is 5.56 Å². The highest BCUT2D eigenvalue weighted by Gasteiger charge is 2.31. The topological polar surface area (TPSA) is 80.2 Å². The molecule has 0 radical (unpaired) electrons. The number of carbonyl (C=O) groups is 2. The average molecular weight is 317 g/mol. The lowest BCUT2D eigenvalue weighted by atomic mass is 10.3. The first-order valence-corrected chi connectivity index (χ1v) is 6.59. The summed E-state index contributed by atoms with van der Waals surface area (Å²) in [5.74, 6) is -1.08. The number of pyridine rings is 1. The molecule has 120 valence electrons. The predicted molar refractivity (Wildman–Crippen MR) is 69.9 cm³/mol. The lowest BCUT2D eigenvalue weighted by molar-refractivity contribution is -0.138. The zero-order valence-corrected chi connectivity index (χ0v) is 11.4. The van der Waals surface area contributed by atoms with E-state index in [1.165, 1.54) is 0 Å². The van der Waals surface area contributed by atoms with E-state index in [0.29, 0.717) is 16.8 Å². The van der Waals surface area contributed by atoms with E-state index in [9.17, 15) is 27.6 Å². The molecule has 0 spiro atoms. The van der Waals surface area contributed by atoms with Crippen LogP contribution in [0.15, 0.2) is 23.1 Å². The van der Waals surface area contributed by atoms with Gasteiger partial charge in [0, 0.05) is 18.3 Å². The maximum atomic E-state index is 12.5. The van der Waals surface area contributed by atoms with Crippen molar-refractivity contribution in [2.45, 2.75) is 31.6 Å². The zero-order valence-electron chi connectivity index (χ0n) is 11.4. The molecular formula is C13H14F3N3O3. The highest BCUT2D eigenvalue weighted by molar-refractivity contribution is 5.84. The molecule has 0 saturated heterocycles. The maximum absolute atomic E-state index is 12.5. The van der Waals surface area contributed by atoms with Crippen molar-refractivity contribution in [2.24, 2.45) is 0 Å². The number of nitrogens with zero attached hydrogens (tertiary/aromatic N) is 1. The molecule has 1 aromatic rings. The van der Waals surface area contributed by atoms with E-state index in [2.05, 4.69) is 10.6 Å². The Hall–Kier alpha value is -2.32. The van der Waals surface area contributed by atoms with Gasteiger partial charge in [-0.1, -0.05) is 0 Å². The lowest BCUT2D eigenvalue weighted by Crippen LogP contribution is -2.40. The molecule has 2 N–H and O–H groups in total. The molecule has 1 aromatic heterocycles. The standard InChI is InChI=1S/C13H14F3N3O3/c14-13(15,16)8-1-4-12(22)19(6-8)7-11(21)17-5-10(20)18-9-2-3-9/h1,4,6,9H,2-3,5,7H2,(H,17,21)(H,18,20). The van der Waals surface area contributed by atoms with Crippen LogP contribution in [0.3, 0.4) is 0 Å². The van der Waals surface area contributed by atoms with Gasteiger partial charge in [-0.25, -0.2) is 0 Å². The smallest absolute Gasteiger partial charge is 0.352 e. The van der Waals surface area contributed by atoms with Gasteiger partial charge in [-0.05, 0) is 18.9 Å². The Morgan fingerprint density at radius 3 is 2.50 bits per heavy atom. The van der Waals surface area contributed by atoms with Crippen LogP contribution in [0.25, 0.3) is 0 Å². The van der Waals surface area contributed by atoms with Gasteiger partial charge < -0.3 is 15.2 Å². The Kier molecular flexibility index (Phi) is 4.53. The first-order valence-electron chi connectivity index (χ1n) is 6.59. The van der Waals surface area contributed by atoms with E-state index < -0.39 is 29.8 Å². The summed E-state index contributed by atoms with van der Waals surface area (Å²) in [5, 5.41) is 4.90. The van der Waals surface area contributed by atoms with E-state index in [-0.39, 0.29) is 18.5 Å². The molecule has 1 saturated carbocycles. The van der Waals surface area contributed by atoms with Gasteiger partial charge in [-0.3, -0.25) is 14.4 Å². The van der Waals surface area contributed by atoms with Gasteiger partial charge in [0.15, 0.2) is 0 Å². The lowest BCUT2D eigenvalue weighted by Gasteiger charge is -2.11. The Balaban J connectivity index is 1.92. The summed E-state index contributed by atoms with van der Waals surface area (Å²) in [7, 11) is 0. The first-order chi connectivity index (χ1) is 10.3. The number of aromatic nitrogens is 1. The van der Waals surface area contributed by atoms with Crippen molar-refractivity contribution in [2.75, 3.05) is 6.54 Å². The van der Waals surface area contributed by atoms with Crippen molar-refractivity contribution < 1.29 is 22.8 Å². The molecule has 0 aliphatic heterocycles. The average Bonchev–Trinajstić information content (AvgIpc) is 3.21. The minimum Gasteiger partial charge on any atom is -0.352 e. The fourth-order valence-corrected chi connectivity index (χ4v) is 1.72. The molecule has 22 heavy (non-hydrogen) atoms. The molecule has 1 fully saturated rings. The third kappa shape index (κ3) is 4.61. The molecule has 1 aliphatic rings. The van der Waals surface area contributed by atoms with E-state index in [1.807, 2.05) is 0 Å². The molecule has 0 aromatic carbocycles. The van der Waals surface area contributed by atoms with Crippen LogP contribution in [-0.4, -0.2) is 29.0 Å². The first kappa shape index (κ1) is 16.1. The van der Waals surface area contributed by atoms with Crippen LogP contribution in [-0.2, 0) is 22.3 Å². The molecule has 1 heterocycles. The molecule has 0 unspecified atom stereocenters. The summed E-state index contributed by atoms with van der Waals surface area (Å²) in [6.45, 7) is -0.859. The monoisotopic (exact) mass is 317 g/mol. The number of hydrogen-bond acceptors (Lipinski definition) is 3. The van der Waals surface area contributed by atoms with Gasteiger partial charge >= 0.3 is 6.18 Å². The largest absolute Gasteiger partial charge is 0.417 e. The van der Waals surface area contributed by atoms with Crippen LogP contribution >= 0.6 is 0 Å². The van der Waals surface area contributed by atoms with Crippen LogP contribution < -0.4 is 16.2 Å². The maximum Gasteiger partial charge on any atom is 0.417 e. The van der Waals surface area contributed by atoms with Crippen molar-refractivity contribution in [3.05, 3.63) is 34.2 Å². The molecule has 0 bridgehead atoms. The summed E-state index contributed by atoms with van der Waals surface area (Å²) in [6.07, 6.45) is -2.22. The number of halogens is 3. The predicted octanol–water partition coefficient (Wildman–Crippen LogP) is 0.262. The highest BCUT2D eigenvalue weighted by atomic mass is 19.4. The van der Waals surface area contributed by atoms with Gasteiger partial charge in [-0.15, -0.1) is 0 Å². The quantitative estimate of drug-likeness (QED) is 0.817. The Bertz CT molecular complexity index is 635. The summed E-state index contributed by atoms with van der Waals surface area (Å²) in [6, 6.07) is 1.55. The second-order valence-corrected chi connectivity index (χ2v) is 5.00. The van der Waals surface area contributed by atoms with Crippen molar-refractivity contribution >= 4 is 11.8 Å². The second kappa shape index (κ2) is 6.20. The summed E-state index contributed by atoms with van der Waals surface area (Å²) in [5.41, 5.74) is -1.75. The zero-order chi connectivity index (χ0) is 16.3. The highest BCUT2D eigenvalue weighted by Crippen LogP contribution is 2.27. The Labute approximate surface area is 123 Å². The Morgan fingerprint density at radius 2 is 1.91 bits per heavy atom. The van der Waals surface area contributed by atoms with Crippen molar-refractivity contribution in [3.63, 3.8) is 0 Å². The second-order valence-electron chi connectivity index (χ2n) is 5.00. The Morgan fingerprint density at radius 1 is 1.23 bits per heavy atom. The number of carbonyl (C=O) groups excluding carboxylic acids is 2. The SMILES string of the molecule is O=C(Cn1cc(C(F)(F)F)ccc1=O)NCC(=O)NC1CC1. The molecule has 2 rings (SSSR count). The van der Waals surface area contributed by atoms with E-state index >= 15 is 0 Å². The summed E-state index contributed by atoms with van der Waals surface area (Å²) < 4.78 is 38.3. The molecular weight excluding hydrogens is 303 g/mol. The van der Waals surface area contributed by atoms with Crippen LogP contribution in [0.1, 0.15) is 18.4 Å². The van der Waals surface area contributed by atoms with Crippen LogP contribution in [0, 0.1) is 0 Å². The third-order valence-corrected chi connectivity index (χ3v) is 3.01. The van der Waals surface area contributed by atoms with E-state index in [1.54, 1.807) is 0 Å². The normalized spacial score (nSPS) is 14.5. The number of amides is 2. The summed E-state index contributed by atoms with van der Waals surface area (Å²) in [4.78, 5) is 34.4. The number of nitrogens with one attached hydrogen (secondary N) is 2. The van der Waals surface area contributed by atoms with Crippen molar-refractivity contribution in [3.8, 4) is 0 Å². The summed E-state index contributed by atoms with van der Waals surface area (Å²) >= 11 is 0. The minimum atomic E-state index is -4.60. The third-order valence-electron chi connectivity index (χ3n) is 3.01. The van der Waals surface area contributed by atoms with Crippen molar-refractivity contribution in [1.82, 2.24) is 15.2 Å². The van der Waals surface area contributed by atoms with Crippen LogP contribution in [0.2, 0.25) is 0 Å². The van der Waals surface area contributed by atoms with Gasteiger partial charge in [0.05, 0.1) is 12.1 Å².